The molecule has 0 radical (unpaired) electrons. The number of esters is 1. The zero-order valence-electron chi connectivity index (χ0n) is 9.66. The Morgan fingerprint density at radius 3 is 2.59 bits per heavy atom. The normalized spacial score (nSPS) is 11.9. The number of aromatic nitrogens is 1. The fraction of sp³-hybridized carbons (Fsp3) is 0.600. The monoisotopic (exact) mass is 249 g/mol. The molecule has 0 saturated carbocycles. The van der Waals surface area contributed by atoms with Crippen molar-refractivity contribution in [2.24, 2.45) is 0 Å². The van der Waals surface area contributed by atoms with Crippen molar-refractivity contribution in [1.82, 2.24) is 4.98 Å². The molecule has 0 unspecified atom stereocenters. The number of aliphatic hydroxyl groups is 1. The number of hydrogen-bond acceptors (Lipinski definition) is 5. The largest absolute Gasteiger partial charge is 0.460 e. The lowest BCUT2D eigenvalue weighted by atomic mass is 10.1. The first-order valence-corrected chi connectivity index (χ1v) is 4.96. The zero-order valence-corrected chi connectivity index (χ0v) is 9.66. The van der Waals surface area contributed by atoms with E-state index in [-0.39, 0.29) is 12.5 Å². The molecule has 0 aliphatic heterocycles. The topological polar surface area (TPSA) is 72.6 Å². The highest BCUT2D eigenvalue weighted by Gasteiger charge is 2.32. The molecule has 1 N–H and O–H groups in total. The minimum atomic E-state index is -2.98. The van der Waals surface area contributed by atoms with Gasteiger partial charge in [-0.25, -0.2) is 18.6 Å². The molecular formula is C10H13F2NO4. The van der Waals surface area contributed by atoms with Crippen molar-refractivity contribution in [3.8, 4) is 0 Å². The van der Waals surface area contributed by atoms with Gasteiger partial charge < -0.3 is 14.3 Å². The fourth-order valence-electron chi connectivity index (χ4n) is 1.08. The van der Waals surface area contributed by atoms with Gasteiger partial charge in [0.25, 0.3) is 6.43 Å². The third-order valence-electron chi connectivity index (χ3n) is 1.84. The summed E-state index contributed by atoms with van der Waals surface area (Å²) in [5.41, 5.74) is -2.37. The van der Waals surface area contributed by atoms with Crippen LogP contribution in [0.1, 0.15) is 49.3 Å². The number of alkyl halides is 2. The Labute approximate surface area is 96.4 Å². The quantitative estimate of drug-likeness (QED) is 0.826. The highest BCUT2D eigenvalue weighted by molar-refractivity contribution is 5.87. The number of halogens is 2. The van der Waals surface area contributed by atoms with E-state index in [1.165, 1.54) is 20.8 Å². The molecule has 0 spiro atoms. The Hall–Kier alpha value is -1.50. The van der Waals surface area contributed by atoms with Crippen LogP contribution in [0.4, 0.5) is 8.78 Å². The van der Waals surface area contributed by atoms with Gasteiger partial charge in [-0.15, -0.1) is 0 Å². The van der Waals surface area contributed by atoms with E-state index in [0.717, 1.165) is 0 Å². The third kappa shape index (κ3) is 3.00. The molecule has 1 aromatic rings. The molecule has 0 amide bonds. The lowest BCUT2D eigenvalue weighted by Crippen LogP contribution is -2.15. The van der Waals surface area contributed by atoms with Crippen LogP contribution in [0.3, 0.4) is 0 Å². The summed E-state index contributed by atoms with van der Waals surface area (Å²) in [6.45, 7) is 4.18. The van der Waals surface area contributed by atoms with Gasteiger partial charge in [-0.05, 0) is 20.8 Å². The summed E-state index contributed by atoms with van der Waals surface area (Å²) in [4.78, 5) is 14.8. The van der Waals surface area contributed by atoms with Gasteiger partial charge in [-0.3, -0.25) is 0 Å². The van der Waals surface area contributed by atoms with E-state index in [9.17, 15) is 18.7 Å². The van der Waals surface area contributed by atoms with Crippen molar-refractivity contribution in [3.05, 3.63) is 17.3 Å². The van der Waals surface area contributed by atoms with Crippen molar-refractivity contribution >= 4 is 5.97 Å². The maximum Gasteiger partial charge on any atom is 0.376 e. The highest BCUT2D eigenvalue weighted by Crippen LogP contribution is 2.28. The van der Waals surface area contributed by atoms with Gasteiger partial charge in [0.05, 0.1) is 6.61 Å². The molecule has 1 aromatic heterocycles. The Kier molecular flexibility index (Phi) is 3.82. The van der Waals surface area contributed by atoms with E-state index in [4.69, 9.17) is 4.42 Å². The van der Waals surface area contributed by atoms with Crippen LogP contribution in [0.2, 0.25) is 0 Å². The Morgan fingerprint density at radius 1 is 1.59 bits per heavy atom. The van der Waals surface area contributed by atoms with E-state index < -0.39 is 29.4 Å². The molecule has 17 heavy (non-hydrogen) atoms. The number of oxazole rings is 1. The molecule has 0 saturated heterocycles. The molecule has 0 fully saturated rings. The second-order valence-corrected chi connectivity index (χ2v) is 3.81. The van der Waals surface area contributed by atoms with Gasteiger partial charge in [0.1, 0.15) is 5.60 Å². The summed E-state index contributed by atoms with van der Waals surface area (Å²) in [6.07, 6.45) is -2.98. The predicted molar refractivity (Wildman–Crippen MR) is 52.7 cm³/mol. The molecule has 1 rings (SSSR count). The van der Waals surface area contributed by atoms with Gasteiger partial charge in [0.15, 0.2) is 5.69 Å². The standard InChI is InChI=1S/C10H13F2NO4/c1-4-16-8(14)6-5(7(11)12)13-9(17-6)10(2,3)15/h7,15H,4H2,1-3H3. The van der Waals surface area contributed by atoms with Crippen molar-refractivity contribution < 1.29 is 27.8 Å². The zero-order chi connectivity index (χ0) is 13.2. The number of carbonyl (C=O) groups excluding carboxylic acids is 1. The minimum Gasteiger partial charge on any atom is -0.460 e. The minimum absolute atomic E-state index is 0.0278. The Balaban J connectivity index is 3.19. The molecule has 5 nitrogen and oxygen atoms in total. The average Bonchev–Trinajstić information content (AvgIpc) is 2.61. The number of ether oxygens (including phenoxy) is 1. The second kappa shape index (κ2) is 4.79. The van der Waals surface area contributed by atoms with Crippen LogP contribution in [-0.4, -0.2) is 22.7 Å². The first-order valence-electron chi connectivity index (χ1n) is 4.96. The van der Waals surface area contributed by atoms with Crippen molar-refractivity contribution in [1.29, 1.82) is 0 Å². The Morgan fingerprint density at radius 2 is 2.18 bits per heavy atom. The molecule has 0 aliphatic rings. The molecule has 0 aromatic carbocycles. The SMILES string of the molecule is CCOC(=O)c1oc(C(C)(C)O)nc1C(F)F. The van der Waals surface area contributed by atoms with Crippen LogP contribution >= 0.6 is 0 Å². The molecule has 1 heterocycles. The fourth-order valence-corrected chi connectivity index (χ4v) is 1.08. The number of nitrogens with zero attached hydrogens (tertiary/aromatic N) is 1. The van der Waals surface area contributed by atoms with Gasteiger partial charge in [0.2, 0.25) is 11.7 Å². The maximum absolute atomic E-state index is 12.6. The smallest absolute Gasteiger partial charge is 0.376 e. The predicted octanol–water partition coefficient (Wildman–Crippen LogP) is 2.02. The van der Waals surface area contributed by atoms with Crippen LogP contribution in [-0.2, 0) is 10.3 Å². The Bertz CT molecular complexity index is 409. The molecule has 7 heteroatoms. The maximum atomic E-state index is 12.6. The summed E-state index contributed by atoms with van der Waals surface area (Å²) in [5.74, 6) is -2.04. The molecule has 0 aliphatic carbocycles. The number of hydrogen-bond donors (Lipinski definition) is 1. The van der Waals surface area contributed by atoms with Crippen LogP contribution in [0, 0.1) is 0 Å². The van der Waals surface area contributed by atoms with Crippen LogP contribution in [0.15, 0.2) is 4.42 Å². The molecule has 0 atom stereocenters. The van der Waals surface area contributed by atoms with E-state index >= 15 is 0 Å². The second-order valence-electron chi connectivity index (χ2n) is 3.81. The van der Waals surface area contributed by atoms with Gasteiger partial charge in [-0.1, -0.05) is 0 Å². The number of carbonyl (C=O) groups is 1. The lowest BCUT2D eigenvalue weighted by molar-refractivity contribution is 0.0383. The average molecular weight is 249 g/mol. The van der Waals surface area contributed by atoms with E-state index in [0.29, 0.717) is 0 Å². The van der Waals surface area contributed by atoms with Crippen LogP contribution < -0.4 is 0 Å². The van der Waals surface area contributed by atoms with Gasteiger partial charge >= 0.3 is 5.97 Å². The van der Waals surface area contributed by atoms with Crippen molar-refractivity contribution in [2.75, 3.05) is 6.61 Å². The number of rotatable bonds is 4. The summed E-state index contributed by atoms with van der Waals surface area (Å²) < 4.78 is 34.6. The summed E-state index contributed by atoms with van der Waals surface area (Å²) >= 11 is 0. The first-order chi connectivity index (χ1) is 7.77. The summed E-state index contributed by atoms with van der Waals surface area (Å²) in [6, 6.07) is 0. The third-order valence-corrected chi connectivity index (χ3v) is 1.84. The van der Waals surface area contributed by atoms with Crippen molar-refractivity contribution in [3.63, 3.8) is 0 Å². The van der Waals surface area contributed by atoms with Gasteiger partial charge in [-0.2, -0.15) is 0 Å². The van der Waals surface area contributed by atoms with E-state index in [1.807, 2.05) is 0 Å². The molecular weight excluding hydrogens is 236 g/mol. The lowest BCUT2D eigenvalue weighted by Gasteiger charge is -2.10. The first kappa shape index (κ1) is 13.6. The molecule has 96 valence electrons. The van der Waals surface area contributed by atoms with E-state index in [1.54, 1.807) is 0 Å². The molecule has 0 bridgehead atoms. The highest BCUT2D eigenvalue weighted by atomic mass is 19.3. The summed E-state index contributed by atoms with van der Waals surface area (Å²) in [7, 11) is 0. The van der Waals surface area contributed by atoms with Crippen LogP contribution in [0.25, 0.3) is 0 Å². The van der Waals surface area contributed by atoms with Gasteiger partial charge in [0, 0.05) is 0 Å². The summed E-state index contributed by atoms with van der Waals surface area (Å²) in [5, 5.41) is 9.57. The van der Waals surface area contributed by atoms with E-state index in [2.05, 4.69) is 9.72 Å². The van der Waals surface area contributed by atoms with Crippen LogP contribution in [0.5, 0.6) is 0 Å². The van der Waals surface area contributed by atoms with Crippen molar-refractivity contribution in [2.45, 2.75) is 32.8 Å².